The SMILES string of the molecule is CCc1ccc(C(O)C(CC)NC2CCCC2)cc1. The number of hydrogen-bond donors (Lipinski definition) is 2. The molecule has 1 fully saturated rings. The van der Waals surface area contributed by atoms with E-state index in [1.807, 2.05) is 0 Å². The molecule has 0 bridgehead atoms. The van der Waals surface area contributed by atoms with Gasteiger partial charge < -0.3 is 10.4 Å². The molecule has 2 heteroatoms. The van der Waals surface area contributed by atoms with Crippen molar-refractivity contribution in [2.75, 3.05) is 0 Å². The molecule has 1 aliphatic rings. The van der Waals surface area contributed by atoms with Gasteiger partial charge in [-0.1, -0.05) is 51.0 Å². The Kier molecular flexibility index (Phi) is 5.41. The first-order chi connectivity index (χ1) is 9.24. The van der Waals surface area contributed by atoms with Crippen molar-refractivity contribution in [3.05, 3.63) is 35.4 Å². The molecule has 1 aromatic rings. The number of benzene rings is 1. The van der Waals surface area contributed by atoms with Gasteiger partial charge >= 0.3 is 0 Å². The first-order valence-electron chi connectivity index (χ1n) is 7.77. The van der Waals surface area contributed by atoms with Crippen molar-refractivity contribution in [1.82, 2.24) is 5.32 Å². The molecular formula is C17H27NO. The Morgan fingerprint density at radius 1 is 1.16 bits per heavy atom. The fourth-order valence-corrected chi connectivity index (χ4v) is 3.01. The van der Waals surface area contributed by atoms with Crippen LogP contribution >= 0.6 is 0 Å². The zero-order chi connectivity index (χ0) is 13.7. The highest BCUT2D eigenvalue weighted by Gasteiger charge is 2.24. The minimum atomic E-state index is -0.392. The van der Waals surface area contributed by atoms with Crippen molar-refractivity contribution >= 4 is 0 Å². The van der Waals surface area contributed by atoms with Crippen molar-refractivity contribution in [1.29, 1.82) is 0 Å². The van der Waals surface area contributed by atoms with E-state index in [1.165, 1.54) is 31.2 Å². The second kappa shape index (κ2) is 7.06. The Morgan fingerprint density at radius 3 is 2.32 bits per heavy atom. The molecule has 2 atom stereocenters. The molecule has 0 radical (unpaired) electrons. The molecule has 0 aromatic heterocycles. The Hall–Kier alpha value is -0.860. The number of nitrogens with one attached hydrogen (secondary N) is 1. The lowest BCUT2D eigenvalue weighted by molar-refractivity contribution is 0.119. The third kappa shape index (κ3) is 3.80. The van der Waals surface area contributed by atoms with Crippen LogP contribution in [-0.2, 0) is 6.42 Å². The van der Waals surface area contributed by atoms with Crippen LogP contribution in [0.3, 0.4) is 0 Å². The minimum Gasteiger partial charge on any atom is -0.387 e. The molecule has 19 heavy (non-hydrogen) atoms. The molecule has 2 N–H and O–H groups in total. The largest absolute Gasteiger partial charge is 0.387 e. The molecule has 1 aliphatic carbocycles. The lowest BCUT2D eigenvalue weighted by atomic mass is 9.98. The summed E-state index contributed by atoms with van der Waals surface area (Å²) >= 11 is 0. The van der Waals surface area contributed by atoms with Crippen LogP contribution in [0.5, 0.6) is 0 Å². The Balaban J connectivity index is 1.99. The van der Waals surface area contributed by atoms with Crippen LogP contribution < -0.4 is 5.32 Å². The summed E-state index contributed by atoms with van der Waals surface area (Å²) in [5, 5.41) is 14.2. The monoisotopic (exact) mass is 261 g/mol. The summed E-state index contributed by atoms with van der Waals surface area (Å²) in [6.07, 6.45) is 6.80. The topological polar surface area (TPSA) is 32.3 Å². The predicted octanol–water partition coefficient (Wildman–Crippen LogP) is 3.59. The number of hydrogen-bond acceptors (Lipinski definition) is 2. The second-order valence-electron chi connectivity index (χ2n) is 5.70. The van der Waals surface area contributed by atoms with E-state index in [1.54, 1.807) is 0 Å². The van der Waals surface area contributed by atoms with E-state index < -0.39 is 6.10 Å². The van der Waals surface area contributed by atoms with Crippen molar-refractivity contribution < 1.29 is 5.11 Å². The van der Waals surface area contributed by atoms with Gasteiger partial charge in [0.25, 0.3) is 0 Å². The number of rotatable bonds is 6. The van der Waals surface area contributed by atoms with Crippen LogP contribution in [0.1, 0.15) is 63.2 Å². The number of aliphatic hydroxyl groups is 1. The normalized spacial score (nSPS) is 19.5. The van der Waals surface area contributed by atoms with Crippen LogP contribution in [0.2, 0.25) is 0 Å². The Labute approximate surface area is 117 Å². The maximum absolute atomic E-state index is 10.5. The Bertz CT molecular complexity index is 367. The van der Waals surface area contributed by atoms with Crippen LogP contribution in [0.4, 0.5) is 0 Å². The molecule has 2 unspecified atom stereocenters. The highest BCUT2D eigenvalue weighted by atomic mass is 16.3. The number of aliphatic hydroxyl groups excluding tert-OH is 1. The standard InChI is InChI=1S/C17H27NO/c1-3-13-9-11-14(12-10-13)17(19)16(4-2)18-15-7-5-6-8-15/h9-12,15-19H,3-8H2,1-2H3. The van der Waals surface area contributed by atoms with Gasteiger partial charge in [0.15, 0.2) is 0 Å². The zero-order valence-electron chi connectivity index (χ0n) is 12.2. The number of aryl methyl sites for hydroxylation is 1. The molecule has 0 heterocycles. The average molecular weight is 261 g/mol. The van der Waals surface area contributed by atoms with E-state index in [-0.39, 0.29) is 6.04 Å². The van der Waals surface area contributed by atoms with Gasteiger partial charge in [-0.15, -0.1) is 0 Å². The smallest absolute Gasteiger partial charge is 0.0942 e. The van der Waals surface area contributed by atoms with Crippen molar-refractivity contribution in [3.63, 3.8) is 0 Å². The molecule has 2 nitrogen and oxygen atoms in total. The van der Waals surface area contributed by atoms with Crippen molar-refractivity contribution in [2.24, 2.45) is 0 Å². The van der Waals surface area contributed by atoms with E-state index in [9.17, 15) is 5.11 Å². The summed E-state index contributed by atoms with van der Waals surface area (Å²) < 4.78 is 0. The summed E-state index contributed by atoms with van der Waals surface area (Å²) in [5.74, 6) is 0. The van der Waals surface area contributed by atoms with E-state index in [0.29, 0.717) is 6.04 Å². The third-order valence-corrected chi connectivity index (χ3v) is 4.36. The molecule has 106 valence electrons. The summed E-state index contributed by atoms with van der Waals surface area (Å²) in [4.78, 5) is 0. The van der Waals surface area contributed by atoms with Crippen LogP contribution in [-0.4, -0.2) is 17.2 Å². The van der Waals surface area contributed by atoms with Gasteiger partial charge in [0, 0.05) is 12.1 Å². The summed E-state index contributed by atoms with van der Waals surface area (Å²) in [5.41, 5.74) is 2.36. The molecule has 1 saturated carbocycles. The van der Waals surface area contributed by atoms with Gasteiger partial charge in [-0.25, -0.2) is 0 Å². The first kappa shape index (κ1) is 14.5. The summed E-state index contributed by atoms with van der Waals surface area (Å²) in [6, 6.07) is 9.18. The molecule has 0 amide bonds. The van der Waals surface area contributed by atoms with Gasteiger partial charge in [-0.2, -0.15) is 0 Å². The molecule has 0 aliphatic heterocycles. The maximum atomic E-state index is 10.5. The average Bonchev–Trinajstić information content (AvgIpc) is 2.97. The molecular weight excluding hydrogens is 234 g/mol. The van der Waals surface area contributed by atoms with Crippen LogP contribution in [0.25, 0.3) is 0 Å². The van der Waals surface area contributed by atoms with Gasteiger partial charge in [0.2, 0.25) is 0 Å². The predicted molar refractivity (Wildman–Crippen MR) is 80.3 cm³/mol. The highest BCUT2D eigenvalue weighted by molar-refractivity contribution is 5.25. The first-order valence-corrected chi connectivity index (χ1v) is 7.77. The van der Waals surface area contributed by atoms with Gasteiger partial charge in [-0.3, -0.25) is 0 Å². The van der Waals surface area contributed by atoms with Crippen LogP contribution in [0.15, 0.2) is 24.3 Å². The zero-order valence-corrected chi connectivity index (χ0v) is 12.2. The molecule has 2 rings (SSSR count). The molecule has 1 aromatic carbocycles. The van der Waals surface area contributed by atoms with Crippen molar-refractivity contribution in [2.45, 2.75) is 70.6 Å². The lowest BCUT2D eigenvalue weighted by Crippen LogP contribution is -2.40. The van der Waals surface area contributed by atoms with E-state index in [0.717, 1.165) is 18.4 Å². The van der Waals surface area contributed by atoms with Gasteiger partial charge in [-0.05, 0) is 36.8 Å². The van der Waals surface area contributed by atoms with E-state index in [2.05, 4.69) is 43.4 Å². The third-order valence-electron chi connectivity index (χ3n) is 4.36. The minimum absolute atomic E-state index is 0.176. The lowest BCUT2D eigenvalue weighted by Gasteiger charge is -2.27. The van der Waals surface area contributed by atoms with Crippen LogP contribution in [0, 0.1) is 0 Å². The van der Waals surface area contributed by atoms with Crippen molar-refractivity contribution in [3.8, 4) is 0 Å². The van der Waals surface area contributed by atoms with E-state index in [4.69, 9.17) is 0 Å². The molecule has 0 saturated heterocycles. The van der Waals surface area contributed by atoms with Gasteiger partial charge in [0.05, 0.1) is 6.10 Å². The summed E-state index contributed by atoms with van der Waals surface area (Å²) in [7, 11) is 0. The molecule has 0 spiro atoms. The highest BCUT2D eigenvalue weighted by Crippen LogP contribution is 2.24. The van der Waals surface area contributed by atoms with Gasteiger partial charge in [0.1, 0.15) is 0 Å². The van der Waals surface area contributed by atoms with E-state index >= 15 is 0 Å². The fourth-order valence-electron chi connectivity index (χ4n) is 3.01. The second-order valence-corrected chi connectivity index (χ2v) is 5.70. The fraction of sp³-hybridized carbons (Fsp3) is 0.647. The quantitative estimate of drug-likeness (QED) is 0.820. The Morgan fingerprint density at radius 2 is 1.79 bits per heavy atom. The summed E-state index contributed by atoms with van der Waals surface area (Å²) in [6.45, 7) is 4.30. The maximum Gasteiger partial charge on any atom is 0.0942 e.